The van der Waals surface area contributed by atoms with Gasteiger partial charge in [-0.15, -0.1) is 0 Å². The minimum absolute atomic E-state index is 0.0396. The lowest BCUT2D eigenvalue weighted by atomic mass is 10.0. The molecule has 0 aliphatic carbocycles. The number of nitrogens with two attached hydrogens (primary N) is 1. The van der Waals surface area contributed by atoms with Crippen LogP contribution < -0.4 is 48.3 Å². The van der Waals surface area contributed by atoms with Crippen molar-refractivity contribution in [3.8, 4) is 0 Å². The lowest BCUT2D eigenvalue weighted by Gasteiger charge is -2.29. The number of rotatable bonds is 23. The quantitative estimate of drug-likeness (QED) is 0.0475. The maximum atomic E-state index is 14.1. The third kappa shape index (κ3) is 19.2. The van der Waals surface area contributed by atoms with Crippen molar-refractivity contribution in [1.82, 2.24) is 52.3 Å². The van der Waals surface area contributed by atoms with E-state index in [-0.39, 0.29) is 48.6 Å². The highest BCUT2D eigenvalue weighted by molar-refractivity contribution is 8.76. The van der Waals surface area contributed by atoms with E-state index in [1.54, 1.807) is 0 Å². The van der Waals surface area contributed by atoms with Gasteiger partial charge in [0.15, 0.2) is 0 Å². The van der Waals surface area contributed by atoms with E-state index in [9.17, 15) is 48.3 Å². The Bertz CT molecular complexity index is 1950. The molecule has 0 radical (unpaired) electrons. The van der Waals surface area contributed by atoms with Crippen LogP contribution in [0.3, 0.4) is 0 Å². The third-order valence-corrected chi connectivity index (χ3v) is 15.1. The summed E-state index contributed by atoms with van der Waals surface area (Å²) >= 11 is 0. The van der Waals surface area contributed by atoms with Gasteiger partial charge >= 0.3 is 0 Å². The summed E-state index contributed by atoms with van der Waals surface area (Å²) in [5, 5.41) is 32.1. The van der Waals surface area contributed by atoms with Crippen molar-refractivity contribution in [1.29, 1.82) is 0 Å². The van der Waals surface area contributed by atoms with Crippen LogP contribution in [0.25, 0.3) is 0 Å². The summed E-state index contributed by atoms with van der Waals surface area (Å²) in [6.45, 7) is 6.03. The second kappa shape index (κ2) is 30.8. The lowest BCUT2D eigenvalue weighted by molar-refractivity contribution is -0.140. The third-order valence-electron chi connectivity index (χ3n) is 12.7. The van der Waals surface area contributed by atoms with Gasteiger partial charge in [0.1, 0.15) is 42.3 Å². The number of aliphatic hydroxyl groups is 1. The fraction of sp³-hybridized carbons (Fsp3) is 0.688. The summed E-state index contributed by atoms with van der Waals surface area (Å²) in [6, 6.07) is 1.40. The molecule has 3 fully saturated rings. The van der Waals surface area contributed by atoms with Crippen LogP contribution in [0.1, 0.15) is 97.0 Å². The molecule has 3 saturated heterocycles. The molecule has 396 valence electrons. The molecule has 1 aromatic carbocycles. The molecule has 21 nitrogen and oxygen atoms in total. The van der Waals surface area contributed by atoms with Crippen LogP contribution in [0.2, 0.25) is 0 Å². The van der Waals surface area contributed by atoms with E-state index in [1.165, 1.54) is 4.90 Å². The van der Waals surface area contributed by atoms with E-state index >= 15 is 0 Å². The van der Waals surface area contributed by atoms with E-state index < -0.39 is 103 Å². The number of hydrogen-bond donors (Lipinski definition) is 10. The molecule has 8 atom stereocenters. The number of aliphatic hydroxyl groups excluding tert-OH is 1. The summed E-state index contributed by atoms with van der Waals surface area (Å²) < 4.78 is 0. The predicted octanol–water partition coefficient (Wildman–Crippen LogP) is -0.792. The normalized spacial score (nSPS) is 23.3. The van der Waals surface area contributed by atoms with Crippen molar-refractivity contribution in [3.63, 3.8) is 0 Å². The molecule has 0 unspecified atom stereocenters. The van der Waals surface area contributed by atoms with Crippen molar-refractivity contribution in [2.24, 2.45) is 11.7 Å². The maximum Gasteiger partial charge on any atom is 0.245 e. The maximum absolute atomic E-state index is 14.1. The second-order valence-electron chi connectivity index (χ2n) is 18.8. The van der Waals surface area contributed by atoms with Crippen molar-refractivity contribution < 1.29 is 48.3 Å². The molecule has 3 heterocycles. The van der Waals surface area contributed by atoms with Crippen LogP contribution in [-0.4, -0.2) is 174 Å². The SMILES string of the molecule is CCCC[C@@H](NC(=O)[C@@H]1CCCN1C(=O)CNC(=O)[C@H](CCCCN)NC(=O)[C@@H]1CSSC[C@H](NC(=O)[C@@H]2CCCN2C)C(=O)N[C@@H](CC(C)C)C(=O)N[C@@H](CO)C(=O)N1)C(=O)NCCc1ccccc1. The van der Waals surface area contributed by atoms with Gasteiger partial charge in [0.05, 0.1) is 19.2 Å². The molecule has 9 amide bonds. The molecule has 0 saturated carbocycles. The molecule has 3 aliphatic rings. The number of carbonyl (C=O) groups is 9. The van der Waals surface area contributed by atoms with Gasteiger partial charge in [0.2, 0.25) is 53.2 Å². The first-order valence-electron chi connectivity index (χ1n) is 25.0. The van der Waals surface area contributed by atoms with Crippen LogP contribution in [0.5, 0.6) is 0 Å². The number of nitrogens with zero attached hydrogens (tertiary/aromatic N) is 2. The number of amides is 9. The van der Waals surface area contributed by atoms with Gasteiger partial charge in [-0.25, -0.2) is 0 Å². The Balaban J connectivity index is 1.44. The molecule has 3 aliphatic heterocycles. The predicted molar refractivity (Wildman–Crippen MR) is 272 cm³/mol. The minimum atomic E-state index is -1.52. The summed E-state index contributed by atoms with van der Waals surface area (Å²) in [4.78, 5) is 126. The number of nitrogens with one attached hydrogen (secondary N) is 8. The highest BCUT2D eigenvalue weighted by Crippen LogP contribution is 2.25. The van der Waals surface area contributed by atoms with Crippen LogP contribution in [0.4, 0.5) is 0 Å². The van der Waals surface area contributed by atoms with Gasteiger partial charge in [-0.05, 0) is 95.8 Å². The Morgan fingerprint density at radius 1 is 0.775 bits per heavy atom. The average molecular weight is 1030 g/mol. The molecule has 0 aromatic heterocycles. The van der Waals surface area contributed by atoms with E-state index in [1.807, 2.05) is 63.1 Å². The highest BCUT2D eigenvalue weighted by Gasteiger charge is 2.38. The van der Waals surface area contributed by atoms with E-state index in [0.29, 0.717) is 64.5 Å². The van der Waals surface area contributed by atoms with E-state index in [0.717, 1.165) is 46.5 Å². The van der Waals surface area contributed by atoms with Crippen molar-refractivity contribution in [3.05, 3.63) is 35.9 Å². The van der Waals surface area contributed by atoms with E-state index in [4.69, 9.17) is 5.73 Å². The molecule has 4 rings (SSSR count). The summed E-state index contributed by atoms with van der Waals surface area (Å²) in [7, 11) is 4.12. The molecular weight excluding hydrogens is 955 g/mol. The van der Waals surface area contributed by atoms with Gasteiger partial charge in [-0.3, -0.25) is 48.1 Å². The van der Waals surface area contributed by atoms with Crippen molar-refractivity contribution in [2.45, 2.75) is 146 Å². The fourth-order valence-corrected chi connectivity index (χ4v) is 11.0. The minimum Gasteiger partial charge on any atom is -0.394 e. The van der Waals surface area contributed by atoms with Crippen LogP contribution in [0, 0.1) is 5.92 Å². The van der Waals surface area contributed by atoms with Gasteiger partial charge in [0, 0.05) is 24.6 Å². The van der Waals surface area contributed by atoms with Crippen LogP contribution >= 0.6 is 21.6 Å². The summed E-state index contributed by atoms with van der Waals surface area (Å²) in [5.41, 5.74) is 6.82. The zero-order valence-corrected chi connectivity index (χ0v) is 43.3. The number of unbranched alkanes of at least 4 members (excludes halogenated alkanes) is 2. The number of likely N-dealkylation sites (tertiary alicyclic amines) is 2. The van der Waals surface area contributed by atoms with Crippen LogP contribution in [-0.2, 0) is 49.6 Å². The van der Waals surface area contributed by atoms with E-state index in [2.05, 4.69) is 42.5 Å². The Kier molecular flexibility index (Phi) is 25.4. The summed E-state index contributed by atoms with van der Waals surface area (Å²) in [5.74, 6) is -5.48. The molecule has 0 bridgehead atoms. The number of likely N-dealkylation sites (N-methyl/N-ethyl adjacent to an activating group) is 1. The first kappa shape index (κ1) is 58.6. The van der Waals surface area contributed by atoms with Gasteiger partial charge in [-0.1, -0.05) is 85.5 Å². The zero-order chi connectivity index (χ0) is 51.9. The smallest absolute Gasteiger partial charge is 0.245 e. The molecule has 1 aromatic rings. The van der Waals surface area contributed by atoms with Crippen LogP contribution in [0.15, 0.2) is 30.3 Å². The molecule has 23 heteroatoms. The monoisotopic (exact) mass is 1030 g/mol. The van der Waals surface area contributed by atoms with Crippen molar-refractivity contribution in [2.75, 3.05) is 57.9 Å². The van der Waals surface area contributed by atoms with Gasteiger partial charge < -0.3 is 58.3 Å². The Hall–Kier alpha value is -4.97. The Morgan fingerprint density at radius 2 is 1.41 bits per heavy atom. The standard InChI is InChI=1S/C48H77N11O10S2/c1-5-6-16-32(41(62)50-22-20-31-14-8-7-9-15-31)53-48(69)39-19-13-24-59(39)40(61)26-51-42(63)33(17-10-11-21-49)52-45(66)36-28-70-71-29-37(57-47(68)38-18-12-23-58(38)4)46(67)54-34(25-30(2)3)43(64)55-35(27-60)44(65)56-36/h7-9,14-15,30,32-39,60H,5-6,10-13,16-29,49H2,1-4H3,(H,50,62)(H,51,63)(H,52,66)(H,53,69)(H,54,67)(H,55,64)(H,56,65)(H,57,68)/t32-,33+,34+,35+,36+,37+,38+,39+/m1/s1. The molecule has 71 heavy (non-hydrogen) atoms. The lowest BCUT2D eigenvalue weighted by Crippen LogP contribution is -2.61. The zero-order valence-electron chi connectivity index (χ0n) is 41.6. The van der Waals surface area contributed by atoms with Crippen molar-refractivity contribution >= 4 is 74.8 Å². The molecule has 0 spiro atoms. The topological polar surface area (TPSA) is 303 Å². The molecule has 11 N–H and O–H groups in total. The Labute approximate surface area is 425 Å². The first-order valence-corrected chi connectivity index (χ1v) is 27.5. The molecular formula is C48H77N11O10S2. The summed E-state index contributed by atoms with van der Waals surface area (Å²) in [6.07, 6.45) is 6.11. The fourth-order valence-electron chi connectivity index (χ4n) is 8.62. The largest absolute Gasteiger partial charge is 0.394 e. The number of hydrogen-bond acceptors (Lipinski definition) is 14. The number of benzene rings is 1. The number of carbonyl (C=O) groups excluding carboxylic acids is 9. The van der Waals surface area contributed by atoms with Gasteiger partial charge in [0.25, 0.3) is 0 Å². The average Bonchev–Trinajstić information content (AvgIpc) is 4.03. The highest BCUT2D eigenvalue weighted by atomic mass is 33.1. The Morgan fingerprint density at radius 3 is 2.07 bits per heavy atom. The second-order valence-corrected chi connectivity index (χ2v) is 21.4. The van der Waals surface area contributed by atoms with Gasteiger partial charge in [-0.2, -0.15) is 0 Å². The first-order chi connectivity index (χ1) is 34.1.